The molecule has 3 heteroatoms. The number of nitrogens with zero attached hydrogens (tertiary/aromatic N) is 1. The molecule has 1 aromatic carbocycles. The van der Waals surface area contributed by atoms with Crippen LogP contribution in [0.3, 0.4) is 0 Å². The third-order valence-electron chi connectivity index (χ3n) is 3.07. The Balaban J connectivity index is 2.03. The summed E-state index contributed by atoms with van der Waals surface area (Å²) in [5, 5.41) is 3.99. The Morgan fingerprint density at radius 3 is 2.37 bits per heavy atom. The summed E-state index contributed by atoms with van der Waals surface area (Å²) >= 11 is 6.07. The molecular weight excluding hydrogens is 256 g/mol. The van der Waals surface area contributed by atoms with Gasteiger partial charge >= 0.3 is 0 Å². The van der Waals surface area contributed by atoms with E-state index in [9.17, 15) is 0 Å². The molecule has 0 unspecified atom stereocenters. The van der Waals surface area contributed by atoms with Gasteiger partial charge < -0.3 is 5.32 Å². The largest absolute Gasteiger partial charge is 0.379 e. The molecule has 0 atom stereocenters. The smallest absolute Gasteiger partial charge is 0.0718 e. The third kappa shape index (κ3) is 3.71. The molecule has 0 bridgehead atoms. The van der Waals surface area contributed by atoms with E-state index >= 15 is 0 Å². The maximum Gasteiger partial charge on any atom is 0.0718 e. The molecule has 0 fully saturated rings. The van der Waals surface area contributed by atoms with Gasteiger partial charge in [-0.15, -0.1) is 0 Å². The third-order valence-corrected chi connectivity index (χ3v) is 3.40. The number of hydrogen-bond acceptors (Lipinski definition) is 2. The Bertz CT molecular complexity index is 541. The zero-order valence-electron chi connectivity index (χ0n) is 11.6. The van der Waals surface area contributed by atoms with Crippen LogP contribution in [-0.2, 0) is 12.0 Å². The summed E-state index contributed by atoms with van der Waals surface area (Å²) in [6.45, 7) is 7.40. The molecule has 0 amide bonds. The van der Waals surface area contributed by atoms with Gasteiger partial charge in [0.05, 0.1) is 16.9 Å². The molecule has 19 heavy (non-hydrogen) atoms. The zero-order valence-corrected chi connectivity index (χ0v) is 12.3. The highest BCUT2D eigenvalue weighted by Gasteiger charge is 2.12. The minimum absolute atomic E-state index is 0.193. The normalized spacial score (nSPS) is 11.4. The molecule has 2 nitrogen and oxygen atoms in total. The number of rotatable bonds is 3. The van der Waals surface area contributed by atoms with Crippen LogP contribution in [0.5, 0.6) is 0 Å². The molecule has 100 valence electrons. The number of benzene rings is 1. The molecule has 0 saturated heterocycles. The SMILES string of the molecule is CC(C)(C)c1ccc(CNc2cnccc2Cl)cc1. The van der Waals surface area contributed by atoms with Crippen LogP contribution in [0.2, 0.25) is 5.02 Å². The van der Waals surface area contributed by atoms with E-state index in [1.807, 2.05) is 0 Å². The zero-order chi connectivity index (χ0) is 13.9. The predicted molar refractivity (Wildman–Crippen MR) is 81.7 cm³/mol. The Hall–Kier alpha value is -1.54. The average Bonchev–Trinajstić information content (AvgIpc) is 2.37. The van der Waals surface area contributed by atoms with Gasteiger partial charge in [-0.25, -0.2) is 0 Å². The monoisotopic (exact) mass is 274 g/mol. The van der Waals surface area contributed by atoms with E-state index in [-0.39, 0.29) is 5.41 Å². The second-order valence-electron chi connectivity index (χ2n) is 5.66. The van der Waals surface area contributed by atoms with E-state index in [2.05, 4.69) is 55.3 Å². The molecule has 2 rings (SSSR count). The van der Waals surface area contributed by atoms with Gasteiger partial charge in [0.15, 0.2) is 0 Å². The minimum atomic E-state index is 0.193. The van der Waals surface area contributed by atoms with Crippen LogP contribution in [0.25, 0.3) is 0 Å². The maximum absolute atomic E-state index is 6.07. The first-order chi connectivity index (χ1) is 8.97. The molecule has 1 aromatic heterocycles. The number of nitrogens with one attached hydrogen (secondary N) is 1. The van der Waals surface area contributed by atoms with E-state index in [4.69, 9.17) is 11.6 Å². The van der Waals surface area contributed by atoms with Crippen molar-refractivity contribution < 1.29 is 0 Å². The highest BCUT2D eigenvalue weighted by molar-refractivity contribution is 6.33. The number of halogens is 1. The van der Waals surface area contributed by atoms with Crippen molar-refractivity contribution in [3.63, 3.8) is 0 Å². The van der Waals surface area contributed by atoms with Crippen molar-refractivity contribution >= 4 is 17.3 Å². The number of pyridine rings is 1. The van der Waals surface area contributed by atoms with Crippen molar-refractivity contribution in [3.8, 4) is 0 Å². The fourth-order valence-corrected chi connectivity index (χ4v) is 2.00. The lowest BCUT2D eigenvalue weighted by atomic mass is 9.87. The molecule has 1 heterocycles. The quantitative estimate of drug-likeness (QED) is 0.882. The van der Waals surface area contributed by atoms with Crippen molar-refractivity contribution in [3.05, 3.63) is 58.9 Å². The van der Waals surface area contributed by atoms with E-state index in [1.165, 1.54) is 11.1 Å². The van der Waals surface area contributed by atoms with Gasteiger partial charge in [-0.1, -0.05) is 56.6 Å². The van der Waals surface area contributed by atoms with Gasteiger partial charge in [0.25, 0.3) is 0 Å². The summed E-state index contributed by atoms with van der Waals surface area (Å²) in [5.41, 5.74) is 3.63. The average molecular weight is 275 g/mol. The van der Waals surface area contributed by atoms with E-state index in [1.54, 1.807) is 18.5 Å². The van der Waals surface area contributed by atoms with Crippen LogP contribution < -0.4 is 5.32 Å². The number of hydrogen-bond donors (Lipinski definition) is 1. The molecular formula is C16H19ClN2. The Kier molecular flexibility index (Phi) is 4.11. The first-order valence-corrected chi connectivity index (χ1v) is 6.77. The molecule has 0 aliphatic rings. The lowest BCUT2D eigenvalue weighted by Gasteiger charge is -2.19. The van der Waals surface area contributed by atoms with Crippen molar-refractivity contribution in [2.75, 3.05) is 5.32 Å². The van der Waals surface area contributed by atoms with Crippen LogP contribution in [0, 0.1) is 0 Å². The summed E-state index contributed by atoms with van der Waals surface area (Å²) in [7, 11) is 0. The van der Waals surface area contributed by atoms with Gasteiger partial charge in [0.1, 0.15) is 0 Å². The van der Waals surface area contributed by atoms with Crippen LogP contribution >= 0.6 is 11.6 Å². The second-order valence-corrected chi connectivity index (χ2v) is 6.06. The first-order valence-electron chi connectivity index (χ1n) is 6.39. The number of anilines is 1. The van der Waals surface area contributed by atoms with Gasteiger partial charge in [-0.3, -0.25) is 4.98 Å². The van der Waals surface area contributed by atoms with Crippen LogP contribution in [0.1, 0.15) is 31.9 Å². The van der Waals surface area contributed by atoms with Crippen molar-refractivity contribution in [2.24, 2.45) is 0 Å². The molecule has 0 spiro atoms. The summed E-state index contributed by atoms with van der Waals surface area (Å²) in [5.74, 6) is 0. The lowest BCUT2D eigenvalue weighted by Crippen LogP contribution is -2.11. The molecule has 2 aromatic rings. The summed E-state index contributed by atoms with van der Waals surface area (Å²) < 4.78 is 0. The van der Waals surface area contributed by atoms with E-state index in [0.717, 1.165) is 12.2 Å². The minimum Gasteiger partial charge on any atom is -0.379 e. The first kappa shape index (κ1) is 13.9. The van der Waals surface area contributed by atoms with Crippen LogP contribution in [0.15, 0.2) is 42.7 Å². The highest BCUT2D eigenvalue weighted by Crippen LogP contribution is 2.23. The van der Waals surface area contributed by atoms with E-state index in [0.29, 0.717) is 5.02 Å². The fraction of sp³-hybridized carbons (Fsp3) is 0.312. The fourth-order valence-electron chi connectivity index (χ4n) is 1.83. The molecule has 0 radical (unpaired) electrons. The Morgan fingerprint density at radius 2 is 1.79 bits per heavy atom. The molecule has 1 N–H and O–H groups in total. The predicted octanol–water partition coefficient (Wildman–Crippen LogP) is 4.64. The van der Waals surface area contributed by atoms with Crippen LogP contribution in [0.4, 0.5) is 5.69 Å². The summed E-state index contributed by atoms with van der Waals surface area (Å²) in [4.78, 5) is 4.06. The van der Waals surface area contributed by atoms with E-state index < -0.39 is 0 Å². The summed E-state index contributed by atoms with van der Waals surface area (Å²) in [6.07, 6.45) is 3.43. The Morgan fingerprint density at radius 1 is 1.11 bits per heavy atom. The molecule has 0 saturated carbocycles. The van der Waals surface area contributed by atoms with Crippen LogP contribution in [-0.4, -0.2) is 4.98 Å². The van der Waals surface area contributed by atoms with Crippen molar-refractivity contribution in [2.45, 2.75) is 32.7 Å². The lowest BCUT2D eigenvalue weighted by molar-refractivity contribution is 0.590. The maximum atomic E-state index is 6.07. The second kappa shape index (κ2) is 5.62. The standard InChI is InChI=1S/C16H19ClN2/c1-16(2,3)13-6-4-12(5-7-13)10-19-15-11-18-9-8-14(15)17/h4-9,11,19H,10H2,1-3H3. The topological polar surface area (TPSA) is 24.9 Å². The molecule has 0 aliphatic heterocycles. The van der Waals surface area contributed by atoms with Gasteiger partial charge in [0, 0.05) is 12.7 Å². The molecule has 0 aliphatic carbocycles. The summed E-state index contributed by atoms with van der Waals surface area (Å²) in [6, 6.07) is 10.5. The Labute approximate surface area is 119 Å². The van der Waals surface area contributed by atoms with Gasteiger partial charge in [-0.05, 0) is 22.6 Å². The number of aromatic nitrogens is 1. The van der Waals surface area contributed by atoms with Gasteiger partial charge in [-0.2, -0.15) is 0 Å². The van der Waals surface area contributed by atoms with Crippen molar-refractivity contribution in [1.82, 2.24) is 4.98 Å². The highest BCUT2D eigenvalue weighted by atomic mass is 35.5. The van der Waals surface area contributed by atoms with Gasteiger partial charge in [0.2, 0.25) is 0 Å². The van der Waals surface area contributed by atoms with Crippen molar-refractivity contribution in [1.29, 1.82) is 0 Å².